The van der Waals surface area contributed by atoms with Crippen LogP contribution >= 0.6 is 0 Å². The van der Waals surface area contributed by atoms with Crippen molar-refractivity contribution in [2.24, 2.45) is 5.92 Å². The Hall–Kier alpha value is -0.820. The maximum Gasteiger partial charge on any atom is 0.00442 e. The number of nitrogens with zero attached hydrogens (tertiary/aromatic N) is 1. The third-order valence-electron chi connectivity index (χ3n) is 3.32. The van der Waals surface area contributed by atoms with E-state index in [9.17, 15) is 0 Å². The molecular formula is C15H25N. The van der Waals surface area contributed by atoms with Crippen LogP contribution in [0.4, 0.5) is 0 Å². The Kier molecular flexibility index (Phi) is 6.17. The molecule has 0 aliphatic carbocycles. The van der Waals surface area contributed by atoms with Gasteiger partial charge in [-0.1, -0.05) is 42.9 Å². The summed E-state index contributed by atoms with van der Waals surface area (Å²) < 4.78 is 0. The van der Waals surface area contributed by atoms with Crippen molar-refractivity contribution in [1.82, 2.24) is 4.90 Å². The molecule has 1 aliphatic rings. The Bertz CT molecular complexity index is 263. The van der Waals surface area contributed by atoms with E-state index < -0.39 is 0 Å². The molecule has 16 heavy (non-hydrogen) atoms. The van der Waals surface area contributed by atoms with Gasteiger partial charge in [0.05, 0.1) is 0 Å². The van der Waals surface area contributed by atoms with Gasteiger partial charge in [-0.15, -0.1) is 0 Å². The van der Waals surface area contributed by atoms with Crippen LogP contribution in [0, 0.1) is 5.92 Å². The molecule has 1 heterocycles. The van der Waals surface area contributed by atoms with Crippen LogP contribution in [0.1, 0.15) is 32.6 Å². The highest BCUT2D eigenvalue weighted by atomic mass is 15.1. The molecule has 1 saturated heterocycles. The highest BCUT2D eigenvalue weighted by molar-refractivity contribution is 5.17. The zero-order valence-corrected chi connectivity index (χ0v) is 10.8. The van der Waals surface area contributed by atoms with Crippen molar-refractivity contribution >= 4 is 0 Å². The minimum Gasteiger partial charge on any atom is -0.306 e. The first-order chi connectivity index (χ1) is 7.77. The van der Waals surface area contributed by atoms with E-state index >= 15 is 0 Å². The monoisotopic (exact) mass is 219 g/mol. The maximum atomic E-state index is 3.83. The zero-order chi connectivity index (χ0) is 11.8. The van der Waals surface area contributed by atoms with Gasteiger partial charge in [-0.05, 0) is 45.7 Å². The van der Waals surface area contributed by atoms with Crippen LogP contribution in [-0.2, 0) is 0 Å². The van der Waals surface area contributed by atoms with E-state index in [0.717, 1.165) is 12.3 Å². The topological polar surface area (TPSA) is 3.24 Å². The predicted octanol–water partition coefficient (Wildman–Crippen LogP) is 3.80. The van der Waals surface area contributed by atoms with E-state index in [1.165, 1.54) is 32.4 Å². The minimum absolute atomic E-state index is 0.724. The summed E-state index contributed by atoms with van der Waals surface area (Å²) in [4.78, 5) is 2.46. The van der Waals surface area contributed by atoms with Crippen LogP contribution in [0.15, 0.2) is 36.5 Å². The summed E-state index contributed by atoms with van der Waals surface area (Å²) in [6.45, 7) is 8.38. The number of hydrogen-bond acceptors (Lipinski definition) is 1. The fraction of sp³-hybridized carbons (Fsp3) is 0.600. The van der Waals surface area contributed by atoms with Gasteiger partial charge in [0.15, 0.2) is 0 Å². The van der Waals surface area contributed by atoms with Gasteiger partial charge in [-0.3, -0.25) is 0 Å². The maximum absolute atomic E-state index is 3.83. The first-order valence-corrected chi connectivity index (χ1v) is 6.39. The second kappa shape index (κ2) is 7.45. The minimum atomic E-state index is 0.724. The highest BCUT2D eigenvalue weighted by Crippen LogP contribution is 2.25. The van der Waals surface area contributed by atoms with Crippen LogP contribution in [0.5, 0.6) is 0 Å². The Morgan fingerprint density at radius 3 is 2.94 bits per heavy atom. The fourth-order valence-corrected chi connectivity index (χ4v) is 2.41. The van der Waals surface area contributed by atoms with Crippen molar-refractivity contribution in [2.75, 3.05) is 20.1 Å². The van der Waals surface area contributed by atoms with E-state index in [1.807, 2.05) is 6.08 Å². The molecule has 1 atom stereocenters. The molecule has 1 rings (SSSR count). The molecule has 0 aromatic carbocycles. The molecule has 1 aliphatic heterocycles. The van der Waals surface area contributed by atoms with Gasteiger partial charge < -0.3 is 4.90 Å². The molecule has 1 nitrogen and oxygen atoms in total. The molecule has 0 spiro atoms. The van der Waals surface area contributed by atoms with Crippen molar-refractivity contribution in [3.05, 3.63) is 36.5 Å². The van der Waals surface area contributed by atoms with Crippen LogP contribution in [0.3, 0.4) is 0 Å². The SMILES string of the molecule is C=C/C=C(\C/C=C\C)C1CCCCN(C)C1. The van der Waals surface area contributed by atoms with E-state index in [2.05, 4.69) is 43.7 Å². The van der Waals surface area contributed by atoms with Crippen LogP contribution in [-0.4, -0.2) is 25.0 Å². The number of allylic oxidation sites excluding steroid dienone is 4. The predicted molar refractivity (Wildman–Crippen MR) is 72.5 cm³/mol. The van der Waals surface area contributed by atoms with Crippen molar-refractivity contribution in [3.63, 3.8) is 0 Å². The Balaban J connectivity index is 2.67. The summed E-state index contributed by atoms with van der Waals surface area (Å²) in [7, 11) is 2.24. The summed E-state index contributed by atoms with van der Waals surface area (Å²) in [5.74, 6) is 0.724. The lowest BCUT2D eigenvalue weighted by atomic mass is 9.91. The normalized spacial score (nSPS) is 24.6. The lowest BCUT2D eigenvalue weighted by Gasteiger charge is -2.22. The van der Waals surface area contributed by atoms with E-state index in [1.54, 1.807) is 5.57 Å². The van der Waals surface area contributed by atoms with Crippen LogP contribution < -0.4 is 0 Å². The molecule has 1 fully saturated rings. The summed E-state index contributed by atoms with van der Waals surface area (Å²) in [6.07, 6.45) is 13.7. The summed E-state index contributed by atoms with van der Waals surface area (Å²) in [6, 6.07) is 0. The fourth-order valence-electron chi connectivity index (χ4n) is 2.41. The third kappa shape index (κ3) is 4.36. The van der Waals surface area contributed by atoms with Gasteiger partial charge >= 0.3 is 0 Å². The van der Waals surface area contributed by atoms with E-state index in [-0.39, 0.29) is 0 Å². The van der Waals surface area contributed by atoms with Gasteiger partial charge in [0.2, 0.25) is 0 Å². The molecule has 90 valence electrons. The van der Waals surface area contributed by atoms with Gasteiger partial charge in [-0.2, -0.15) is 0 Å². The van der Waals surface area contributed by atoms with Crippen molar-refractivity contribution in [3.8, 4) is 0 Å². The standard InChI is InChI=1S/C15H25N/c1-4-6-10-14(9-5-2)15-11-7-8-12-16(3)13-15/h4-6,9,15H,2,7-8,10-13H2,1,3H3/b6-4-,14-9+. The van der Waals surface area contributed by atoms with Crippen molar-refractivity contribution in [2.45, 2.75) is 32.6 Å². The smallest absolute Gasteiger partial charge is 0.00442 e. The molecule has 0 saturated carbocycles. The van der Waals surface area contributed by atoms with E-state index in [4.69, 9.17) is 0 Å². The van der Waals surface area contributed by atoms with Crippen molar-refractivity contribution < 1.29 is 0 Å². The highest BCUT2D eigenvalue weighted by Gasteiger charge is 2.18. The van der Waals surface area contributed by atoms with Gasteiger partial charge in [0.25, 0.3) is 0 Å². The van der Waals surface area contributed by atoms with Gasteiger partial charge in [-0.25, -0.2) is 0 Å². The number of likely N-dealkylation sites (tertiary alicyclic amines) is 1. The first kappa shape index (κ1) is 13.2. The quantitative estimate of drug-likeness (QED) is 0.513. The third-order valence-corrected chi connectivity index (χ3v) is 3.32. The Morgan fingerprint density at radius 2 is 2.25 bits per heavy atom. The van der Waals surface area contributed by atoms with Gasteiger partial charge in [0.1, 0.15) is 0 Å². The summed E-state index contributed by atoms with van der Waals surface area (Å²) in [5.41, 5.74) is 1.54. The Labute approximate surface area is 101 Å². The lowest BCUT2D eigenvalue weighted by molar-refractivity contribution is 0.316. The molecule has 0 N–H and O–H groups in total. The lowest BCUT2D eigenvalue weighted by Crippen LogP contribution is -2.24. The van der Waals surface area contributed by atoms with Gasteiger partial charge in [0, 0.05) is 6.54 Å². The Morgan fingerprint density at radius 1 is 1.44 bits per heavy atom. The summed E-state index contributed by atoms with van der Waals surface area (Å²) in [5, 5.41) is 0. The second-order valence-corrected chi connectivity index (χ2v) is 4.71. The zero-order valence-electron chi connectivity index (χ0n) is 10.8. The second-order valence-electron chi connectivity index (χ2n) is 4.71. The molecule has 1 unspecified atom stereocenters. The molecular weight excluding hydrogens is 194 g/mol. The average Bonchev–Trinajstić information content (AvgIpc) is 2.49. The largest absolute Gasteiger partial charge is 0.306 e. The van der Waals surface area contributed by atoms with Crippen LogP contribution in [0.25, 0.3) is 0 Å². The molecule has 0 aromatic heterocycles. The molecule has 0 aromatic rings. The molecule has 0 radical (unpaired) electrons. The van der Waals surface area contributed by atoms with E-state index in [0.29, 0.717) is 0 Å². The van der Waals surface area contributed by atoms with Crippen LogP contribution in [0.2, 0.25) is 0 Å². The summed E-state index contributed by atoms with van der Waals surface area (Å²) >= 11 is 0. The number of rotatable bonds is 4. The molecule has 0 bridgehead atoms. The number of hydrogen-bond donors (Lipinski definition) is 0. The van der Waals surface area contributed by atoms with Crippen molar-refractivity contribution in [1.29, 1.82) is 0 Å². The average molecular weight is 219 g/mol. The molecule has 0 amide bonds. The molecule has 1 heteroatoms. The first-order valence-electron chi connectivity index (χ1n) is 6.39.